The van der Waals surface area contributed by atoms with Crippen LogP contribution in [0.15, 0.2) is 17.8 Å². The smallest absolute Gasteiger partial charge is 0.225 e. The van der Waals surface area contributed by atoms with Crippen molar-refractivity contribution in [3.63, 3.8) is 0 Å². The summed E-state index contributed by atoms with van der Waals surface area (Å²) in [6, 6.07) is 2.13. The molecule has 0 spiro atoms. The van der Waals surface area contributed by atoms with Gasteiger partial charge < -0.3 is 15.4 Å². The Morgan fingerprint density at radius 2 is 1.75 bits per heavy atom. The van der Waals surface area contributed by atoms with E-state index in [0.29, 0.717) is 46.6 Å². The maximum absolute atomic E-state index is 16.7. The highest BCUT2D eigenvalue weighted by atomic mass is 32.1. The second kappa shape index (κ2) is 15.6. The molecule has 6 nitrogen and oxygen atoms in total. The summed E-state index contributed by atoms with van der Waals surface area (Å²) >= 11 is 1.00. The SMILES string of the molecule is C/C=C(/F)c1sc(N)c(C#N)c1/C(=C(\C)CC)c1c2c(c3cnc(N4CCCC4)nc3c1F)COC2.CCCCCCCC. The van der Waals surface area contributed by atoms with Crippen LogP contribution in [0.4, 0.5) is 19.7 Å². The van der Waals surface area contributed by atoms with Crippen molar-refractivity contribution in [2.24, 2.45) is 0 Å². The predicted octanol–water partition coefficient (Wildman–Crippen LogP) is 9.84. The molecule has 3 aromatic rings. The fraction of sp³-hybridized carbons (Fsp3) is 0.514. The summed E-state index contributed by atoms with van der Waals surface area (Å²) in [7, 11) is 0. The molecule has 0 saturated carbocycles. The van der Waals surface area contributed by atoms with Gasteiger partial charge in [-0.15, -0.1) is 11.3 Å². The second-order valence-corrected chi connectivity index (χ2v) is 12.5. The van der Waals surface area contributed by atoms with Crippen LogP contribution in [0.25, 0.3) is 22.3 Å². The minimum absolute atomic E-state index is 0.155. The number of nitrogen functional groups attached to an aromatic ring is 1. The Labute approximate surface area is 264 Å². The number of nitriles is 1. The first-order valence-corrected chi connectivity index (χ1v) is 16.8. The van der Waals surface area contributed by atoms with Gasteiger partial charge in [-0.3, -0.25) is 0 Å². The lowest BCUT2D eigenvalue weighted by molar-refractivity contribution is 0.134. The number of halogens is 2. The highest BCUT2D eigenvalue weighted by Gasteiger charge is 2.32. The van der Waals surface area contributed by atoms with Crippen molar-refractivity contribution >= 4 is 44.6 Å². The van der Waals surface area contributed by atoms with Crippen molar-refractivity contribution in [1.82, 2.24) is 9.97 Å². The molecule has 0 radical (unpaired) electrons. The largest absolute Gasteiger partial charge is 0.389 e. The Hall–Kier alpha value is -3.35. The molecule has 4 heterocycles. The molecule has 2 aromatic heterocycles. The summed E-state index contributed by atoms with van der Waals surface area (Å²) < 4.78 is 37.5. The molecule has 236 valence electrons. The molecule has 0 atom stereocenters. The second-order valence-electron chi connectivity index (χ2n) is 11.5. The van der Waals surface area contributed by atoms with Crippen LogP contribution < -0.4 is 10.6 Å². The molecule has 2 aliphatic heterocycles. The number of anilines is 2. The van der Waals surface area contributed by atoms with Crippen LogP contribution in [0.3, 0.4) is 0 Å². The maximum atomic E-state index is 16.7. The van der Waals surface area contributed by atoms with Gasteiger partial charge in [0.2, 0.25) is 5.95 Å². The first-order valence-electron chi connectivity index (χ1n) is 16.0. The molecule has 1 aromatic carbocycles. The molecule has 44 heavy (non-hydrogen) atoms. The van der Waals surface area contributed by atoms with Gasteiger partial charge in [-0.2, -0.15) is 5.26 Å². The molecule has 1 saturated heterocycles. The fourth-order valence-electron chi connectivity index (χ4n) is 5.91. The summed E-state index contributed by atoms with van der Waals surface area (Å²) in [6.45, 7) is 12.1. The van der Waals surface area contributed by atoms with Crippen LogP contribution in [-0.2, 0) is 18.0 Å². The van der Waals surface area contributed by atoms with E-state index < -0.39 is 11.6 Å². The summed E-state index contributed by atoms with van der Waals surface area (Å²) in [4.78, 5) is 11.5. The average molecular weight is 622 g/mol. The van der Waals surface area contributed by atoms with Crippen molar-refractivity contribution in [3.8, 4) is 6.07 Å². The van der Waals surface area contributed by atoms with Gasteiger partial charge in [-0.25, -0.2) is 18.7 Å². The normalized spacial score (nSPS) is 15.2. The van der Waals surface area contributed by atoms with Crippen LogP contribution in [0.1, 0.15) is 125 Å². The van der Waals surface area contributed by atoms with Gasteiger partial charge >= 0.3 is 0 Å². The first kappa shape index (κ1) is 33.5. The highest BCUT2D eigenvalue weighted by molar-refractivity contribution is 7.17. The van der Waals surface area contributed by atoms with Gasteiger partial charge in [0.15, 0.2) is 5.82 Å². The van der Waals surface area contributed by atoms with Crippen molar-refractivity contribution in [2.75, 3.05) is 23.7 Å². The summed E-state index contributed by atoms with van der Waals surface area (Å²) in [5.41, 5.74) is 9.97. The lowest BCUT2D eigenvalue weighted by atomic mass is 9.85. The molecule has 0 unspecified atom stereocenters. The number of nitrogens with two attached hydrogens (primary N) is 1. The van der Waals surface area contributed by atoms with E-state index in [2.05, 4.69) is 34.8 Å². The zero-order chi connectivity index (χ0) is 31.8. The molecule has 5 rings (SSSR count). The highest BCUT2D eigenvalue weighted by Crippen LogP contribution is 2.47. The minimum Gasteiger partial charge on any atom is -0.389 e. The standard InChI is InChI=1S/C27H27F2N5OS.C8H18/c1-4-14(3)20(22-15(10-30)26(31)36-25(22)19(28)5-2)21-18-13-35-12-17(18)16-11-32-27(33-24(16)23(21)29)34-8-6-7-9-34;1-3-5-7-8-6-4-2/h5,11H,4,6-9,12-13,31H2,1-3H3;3-8H2,1-2H3/b19-5+,20-14+;. The number of allylic oxidation sites excluding steroid dienone is 2. The molecule has 1 fully saturated rings. The van der Waals surface area contributed by atoms with Gasteiger partial charge in [0, 0.05) is 35.8 Å². The minimum atomic E-state index is -0.514. The third-order valence-corrected chi connectivity index (χ3v) is 9.54. The van der Waals surface area contributed by atoms with Gasteiger partial charge in [-0.1, -0.05) is 70.9 Å². The monoisotopic (exact) mass is 621 g/mol. The van der Waals surface area contributed by atoms with Crippen molar-refractivity contribution in [2.45, 2.75) is 106 Å². The number of nitrogens with zero attached hydrogens (tertiary/aromatic N) is 4. The van der Waals surface area contributed by atoms with Crippen LogP contribution in [-0.4, -0.2) is 23.1 Å². The van der Waals surface area contributed by atoms with E-state index in [9.17, 15) is 5.26 Å². The third kappa shape index (κ3) is 6.82. The third-order valence-electron chi connectivity index (χ3n) is 8.51. The van der Waals surface area contributed by atoms with E-state index in [1.165, 1.54) is 44.6 Å². The summed E-state index contributed by atoms with van der Waals surface area (Å²) in [5, 5.41) is 10.8. The molecule has 2 aliphatic rings. The van der Waals surface area contributed by atoms with Crippen LogP contribution >= 0.6 is 11.3 Å². The number of thiophene rings is 1. The fourth-order valence-corrected chi connectivity index (χ4v) is 6.91. The molecular formula is C35H45F2N5OS. The Morgan fingerprint density at radius 1 is 1.09 bits per heavy atom. The predicted molar refractivity (Wildman–Crippen MR) is 179 cm³/mol. The molecule has 9 heteroatoms. The summed E-state index contributed by atoms with van der Waals surface area (Å²) in [6.07, 6.45) is 14.2. The Bertz CT molecular complexity index is 1570. The Morgan fingerprint density at radius 3 is 2.34 bits per heavy atom. The number of fused-ring (bicyclic) bond motifs is 3. The molecule has 0 amide bonds. The number of unbranched alkanes of at least 4 members (excludes halogenated alkanes) is 5. The zero-order valence-corrected chi connectivity index (χ0v) is 27.6. The van der Waals surface area contributed by atoms with E-state index in [1.807, 2.05) is 13.8 Å². The van der Waals surface area contributed by atoms with E-state index in [0.717, 1.165) is 48.4 Å². The first-order chi connectivity index (χ1) is 21.3. The number of ether oxygens (including phenoxy) is 1. The van der Waals surface area contributed by atoms with E-state index in [1.54, 1.807) is 13.1 Å². The van der Waals surface area contributed by atoms with Crippen LogP contribution in [0.2, 0.25) is 0 Å². The summed E-state index contributed by atoms with van der Waals surface area (Å²) in [5.74, 6) is -0.516. The van der Waals surface area contributed by atoms with Crippen molar-refractivity contribution < 1.29 is 13.5 Å². The molecular weight excluding hydrogens is 576 g/mol. The van der Waals surface area contributed by atoms with E-state index >= 15 is 8.78 Å². The van der Waals surface area contributed by atoms with Crippen LogP contribution in [0.5, 0.6) is 0 Å². The number of hydrogen-bond acceptors (Lipinski definition) is 7. The van der Waals surface area contributed by atoms with Gasteiger partial charge in [0.25, 0.3) is 0 Å². The average Bonchev–Trinajstić information content (AvgIpc) is 3.81. The maximum Gasteiger partial charge on any atom is 0.225 e. The Balaban J connectivity index is 0.000000488. The van der Waals surface area contributed by atoms with Crippen molar-refractivity contribution in [3.05, 3.63) is 56.4 Å². The number of rotatable bonds is 10. The van der Waals surface area contributed by atoms with Crippen molar-refractivity contribution in [1.29, 1.82) is 5.26 Å². The van der Waals surface area contributed by atoms with E-state index in [-0.39, 0.29) is 27.6 Å². The molecule has 0 aliphatic carbocycles. The number of benzene rings is 1. The topological polar surface area (TPSA) is 88.1 Å². The quantitative estimate of drug-likeness (QED) is 0.227. The van der Waals surface area contributed by atoms with Gasteiger partial charge in [0.1, 0.15) is 22.4 Å². The lowest BCUT2D eigenvalue weighted by Gasteiger charge is -2.20. The molecule has 0 bridgehead atoms. The zero-order valence-electron chi connectivity index (χ0n) is 26.8. The van der Waals surface area contributed by atoms with Crippen LogP contribution in [0, 0.1) is 17.1 Å². The number of hydrogen-bond donors (Lipinski definition) is 1. The number of aromatic nitrogens is 2. The van der Waals surface area contributed by atoms with Gasteiger partial charge in [-0.05, 0) is 49.8 Å². The Kier molecular flexibility index (Phi) is 11.9. The lowest BCUT2D eigenvalue weighted by Crippen LogP contribution is -2.20. The van der Waals surface area contributed by atoms with Gasteiger partial charge in [0.05, 0.1) is 23.7 Å². The molecule has 2 N–H and O–H groups in total. The van der Waals surface area contributed by atoms with E-state index in [4.69, 9.17) is 10.5 Å².